The Labute approximate surface area is 187 Å². The van der Waals surface area contributed by atoms with Crippen LogP contribution >= 0.6 is 0 Å². The molecule has 3 aromatic rings. The van der Waals surface area contributed by atoms with E-state index in [-0.39, 0.29) is 10.9 Å². The number of pyridine rings is 1. The summed E-state index contributed by atoms with van der Waals surface area (Å²) in [5.74, 6) is 0. The molecular weight excluding hydrogens is 439 g/mol. The van der Waals surface area contributed by atoms with Gasteiger partial charge in [0.2, 0.25) is 5.56 Å². The number of hydrogen-bond acceptors (Lipinski definition) is 4. The van der Waals surface area contributed by atoms with Gasteiger partial charge in [0.25, 0.3) is 0 Å². The summed E-state index contributed by atoms with van der Waals surface area (Å²) in [6, 6.07) is 12.6. The SMILES string of the molecule is CCN1CCN([S+]([O-])c2ccc(Cc3ccc4[nH]c(=O)cc(C(F)(F)F)c4c3)cc2)CC1. The highest BCUT2D eigenvalue weighted by Crippen LogP contribution is 2.33. The molecule has 1 fully saturated rings. The molecule has 170 valence electrons. The molecule has 1 N–H and O–H groups in total. The average Bonchev–Trinajstić information content (AvgIpc) is 2.78. The highest BCUT2D eigenvalue weighted by molar-refractivity contribution is 7.89. The van der Waals surface area contributed by atoms with E-state index < -0.39 is 28.7 Å². The molecule has 0 spiro atoms. The van der Waals surface area contributed by atoms with Gasteiger partial charge in [-0.1, -0.05) is 25.1 Å². The smallest absolute Gasteiger partial charge is 0.417 e. The zero-order chi connectivity index (χ0) is 22.9. The number of aromatic amines is 1. The molecule has 1 aliphatic rings. The van der Waals surface area contributed by atoms with Crippen molar-refractivity contribution in [1.29, 1.82) is 0 Å². The summed E-state index contributed by atoms with van der Waals surface area (Å²) in [6.45, 7) is 6.40. The average molecular weight is 464 g/mol. The van der Waals surface area contributed by atoms with Crippen LogP contribution in [0.1, 0.15) is 23.6 Å². The minimum absolute atomic E-state index is 0.0291. The second-order valence-electron chi connectivity index (χ2n) is 7.86. The number of alkyl halides is 3. The number of rotatable bonds is 5. The van der Waals surface area contributed by atoms with Crippen LogP contribution in [0.2, 0.25) is 0 Å². The number of nitrogens with zero attached hydrogens (tertiary/aromatic N) is 2. The van der Waals surface area contributed by atoms with Crippen molar-refractivity contribution >= 4 is 22.3 Å². The first-order valence-electron chi connectivity index (χ1n) is 10.5. The molecule has 1 atom stereocenters. The lowest BCUT2D eigenvalue weighted by Gasteiger charge is -2.33. The van der Waals surface area contributed by atoms with Gasteiger partial charge in [-0.3, -0.25) is 4.79 Å². The van der Waals surface area contributed by atoms with Gasteiger partial charge < -0.3 is 14.4 Å². The molecule has 1 saturated heterocycles. The fourth-order valence-corrected chi connectivity index (χ4v) is 5.13. The number of hydrogen-bond donors (Lipinski definition) is 1. The Hall–Kier alpha value is -2.33. The van der Waals surface area contributed by atoms with E-state index in [4.69, 9.17) is 0 Å². The van der Waals surface area contributed by atoms with Crippen LogP contribution in [0, 0.1) is 0 Å². The minimum atomic E-state index is -4.61. The predicted molar refractivity (Wildman–Crippen MR) is 119 cm³/mol. The molecule has 1 unspecified atom stereocenters. The summed E-state index contributed by atoms with van der Waals surface area (Å²) in [5.41, 5.74) is 0.0327. The van der Waals surface area contributed by atoms with Crippen molar-refractivity contribution in [3.63, 3.8) is 0 Å². The van der Waals surface area contributed by atoms with Gasteiger partial charge in [0.05, 0.1) is 30.0 Å². The number of benzene rings is 2. The number of halogens is 3. The number of nitrogens with one attached hydrogen (secondary N) is 1. The summed E-state index contributed by atoms with van der Waals surface area (Å²) in [4.78, 5) is 17.1. The van der Waals surface area contributed by atoms with Crippen LogP contribution < -0.4 is 5.56 Å². The first-order chi connectivity index (χ1) is 15.2. The second kappa shape index (κ2) is 9.27. The van der Waals surface area contributed by atoms with Crippen molar-refractivity contribution in [3.8, 4) is 0 Å². The molecule has 0 radical (unpaired) electrons. The van der Waals surface area contributed by atoms with Gasteiger partial charge in [-0.15, -0.1) is 4.31 Å². The molecule has 5 nitrogen and oxygen atoms in total. The number of piperazine rings is 1. The fourth-order valence-electron chi connectivity index (χ4n) is 3.97. The van der Waals surface area contributed by atoms with E-state index in [1.165, 1.54) is 12.1 Å². The Morgan fingerprint density at radius 3 is 2.28 bits per heavy atom. The number of fused-ring (bicyclic) bond motifs is 1. The Balaban J connectivity index is 1.51. The van der Waals surface area contributed by atoms with E-state index in [2.05, 4.69) is 16.8 Å². The van der Waals surface area contributed by atoms with Gasteiger partial charge in [-0.2, -0.15) is 13.2 Å². The molecule has 1 aliphatic heterocycles. The minimum Gasteiger partial charge on any atom is -0.593 e. The summed E-state index contributed by atoms with van der Waals surface area (Å²) in [6.07, 6.45) is -4.19. The van der Waals surface area contributed by atoms with Crippen LogP contribution in [0.5, 0.6) is 0 Å². The van der Waals surface area contributed by atoms with E-state index >= 15 is 0 Å². The van der Waals surface area contributed by atoms with E-state index in [1.807, 2.05) is 28.6 Å². The van der Waals surface area contributed by atoms with Crippen molar-refractivity contribution in [2.75, 3.05) is 32.7 Å². The van der Waals surface area contributed by atoms with Gasteiger partial charge in [0, 0.05) is 30.1 Å². The summed E-state index contributed by atoms with van der Waals surface area (Å²) >= 11 is -1.23. The maximum absolute atomic E-state index is 13.4. The quantitative estimate of drug-likeness (QED) is 0.585. The molecule has 0 bridgehead atoms. The van der Waals surface area contributed by atoms with Crippen LogP contribution in [0.3, 0.4) is 0 Å². The van der Waals surface area contributed by atoms with E-state index in [0.29, 0.717) is 22.9 Å². The summed E-state index contributed by atoms with van der Waals surface area (Å²) in [5, 5.41) is -0.0291. The van der Waals surface area contributed by atoms with Crippen LogP contribution in [-0.2, 0) is 24.0 Å². The van der Waals surface area contributed by atoms with Crippen LogP contribution in [0.4, 0.5) is 13.2 Å². The van der Waals surface area contributed by atoms with Gasteiger partial charge >= 0.3 is 6.18 Å². The molecule has 0 saturated carbocycles. The van der Waals surface area contributed by atoms with E-state index in [0.717, 1.165) is 38.3 Å². The monoisotopic (exact) mass is 463 g/mol. The van der Waals surface area contributed by atoms with Crippen molar-refractivity contribution in [2.24, 2.45) is 0 Å². The van der Waals surface area contributed by atoms with Gasteiger partial charge in [0.15, 0.2) is 4.90 Å². The largest absolute Gasteiger partial charge is 0.593 e. The zero-order valence-electron chi connectivity index (χ0n) is 17.6. The Bertz CT molecular complexity index is 1140. The third-order valence-electron chi connectivity index (χ3n) is 5.76. The third-order valence-corrected chi connectivity index (χ3v) is 7.27. The third kappa shape index (κ3) is 5.01. The molecule has 2 aromatic carbocycles. The Kier molecular flexibility index (Phi) is 6.62. The first-order valence-corrected chi connectivity index (χ1v) is 11.6. The van der Waals surface area contributed by atoms with Crippen LogP contribution in [0.15, 0.2) is 58.2 Å². The van der Waals surface area contributed by atoms with Gasteiger partial charge in [-0.25, -0.2) is 0 Å². The normalized spacial score (nSPS) is 17.0. The molecule has 0 aliphatic carbocycles. The lowest BCUT2D eigenvalue weighted by molar-refractivity contribution is -0.136. The van der Waals surface area contributed by atoms with Crippen molar-refractivity contribution in [3.05, 3.63) is 75.6 Å². The van der Waals surface area contributed by atoms with Crippen molar-refractivity contribution in [2.45, 2.75) is 24.4 Å². The van der Waals surface area contributed by atoms with E-state index in [1.54, 1.807) is 6.07 Å². The number of H-pyrrole nitrogens is 1. The zero-order valence-corrected chi connectivity index (χ0v) is 18.4. The standard InChI is InChI=1S/C23H24F3N3O2S/c1-2-28-9-11-29(12-10-28)32(31)18-6-3-16(4-7-18)13-17-5-8-21-19(14-17)20(23(24,25)26)15-22(30)27-21/h3-8,14-15H,2,9-13H2,1H3,(H,27,30). The first kappa shape index (κ1) is 22.8. The van der Waals surface area contributed by atoms with E-state index in [9.17, 15) is 22.5 Å². The predicted octanol–water partition coefficient (Wildman–Crippen LogP) is 3.80. The highest BCUT2D eigenvalue weighted by Gasteiger charge is 2.33. The molecular formula is C23H24F3N3O2S. The van der Waals surface area contributed by atoms with Crippen molar-refractivity contribution < 1.29 is 17.7 Å². The Morgan fingerprint density at radius 2 is 1.66 bits per heavy atom. The molecule has 9 heteroatoms. The fraction of sp³-hybridized carbons (Fsp3) is 0.348. The molecule has 4 rings (SSSR count). The maximum Gasteiger partial charge on any atom is 0.417 e. The lowest BCUT2D eigenvalue weighted by Crippen LogP contribution is -2.48. The second-order valence-corrected chi connectivity index (χ2v) is 9.34. The lowest BCUT2D eigenvalue weighted by atomic mass is 10.0. The van der Waals surface area contributed by atoms with Crippen LogP contribution in [-0.4, -0.2) is 51.5 Å². The summed E-state index contributed by atoms with van der Waals surface area (Å²) in [7, 11) is 0. The van der Waals surface area contributed by atoms with Crippen LogP contribution in [0.25, 0.3) is 10.9 Å². The number of likely N-dealkylation sites (N-methyl/N-ethyl adjacent to an activating group) is 1. The van der Waals surface area contributed by atoms with Crippen molar-refractivity contribution in [1.82, 2.24) is 14.2 Å². The molecule has 1 aromatic heterocycles. The van der Waals surface area contributed by atoms with Gasteiger partial charge in [-0.05, 0) is 48.4 Å². The highest BCUT2D eigenvalue weighted by atomic mass is 32.2. The Morgan fingerprint density at radius 1 is 1.00 bits per heavy atom. The number of aromatic nitrogens is 1. The van der Waals surface area contributed by atoms with Gasteiger partial charge in [0.1, 0.15) is 0 Å². The molecule has 0 amide bonds. The maximum atomic E-state index is 13.4. The molecule has 32 heavy (non-hydrogen) atoms. The topological polar surface area (TPSA) is 62.4 Å². The molecule has 2 heterocycles. The summed E-state index contributed by atoms with van der Waals surface area (Å²) < 4.78 is 55.0.